The molecule has 4 aromatic carbocycles. The van der Waals surface area contributed by atoms with Crippen LogP contribution in [0.2, 0.25) is 0 Å². The third-order valence-electron chi connectivity index (χ3n) is 25.6. The van der Waals surface area contributed by atoms with Crippen LogP contribution in [0.25, 0.3) is 44.1 Å². The highest BCUT2D eigenvalue weighted by Gasteiger charge is 2.34. The van der Waals surface area contributed by atoms with Gasteiger partial charge in [-0.25, -0.2) is 44.7 Å². The topological polar surface area (TPSA) is 368 Å². The first kappa shape index (κ1) is 91.3. The maximum Gasteiger partial charge on any atom is 0.338 e. The fourth-order valence-electron chi connectivity index (χ4n) is 18.1. The average molecular weight is 1810 g/mol. The molecule has 0 atom stereocenters. The summed E-state index contributed by atoms with van der Waals surface area (Å²) in [6.45, 7) is 16.8. The van der Waals surface area contributed by atoms with Gasteiger partial charge in [0.05, 0.1) is 124 Å². The lowest BCUT2D eigenvalue weighted by atomic mass is 9.86. The van der Waals surface area contributed by atoms with Crippen LogP contribution in [0.15, 0.2) is 158 Å². The van der Waals surface area contributed by atoms with Gasteiger partial charge in [0, 0.05) is 216 Å². The number of morpholine rings is 4. The van der Waals surface area contributed by atoms with Crippen LogP contribution in [0, 0.1) is 25.7 Å². The zero-order valence-corrected chi connectivity index (χ0v) is 76.4. The van der Waals surface area contributed by atoms with Gasteiger partial charge in [0.1, 0.15) is 55.9 Å². The van der Waals surface area contributed by atoms with Crippen LogP contribution >= 0.6 is 11.8 Å². The molecule has 12 heterocycles. The smallest absolute Gasteiger partial charge is 0.338 e. The number of thioether (sulfide) groups is 1. The fourth-order valence-corrected chi connectivity index (χ4v) is 18.8. The molecule has 4 saturated heterocycles. The molecule has 0 radical (unpaired) electrons. The number of aryl methyl sites for hydroxylation is 2. The van der Waals surface area contributed by atoms with Gasteiger partial charge in [0.15, 0.2) is 0 Å². The van der Waals surface area contributed by atoms with E-state index in [4.69, 9.17) is 47.6 Å². The van der Waals surface area contributed by atoms with Crippen molar-refractivity contribution in [3.63, 3.8) is 0 Å². The summed E-state index contributed by atoms with van der Waals surface area (Å²) in [4.78, 5) is 104. The number of ether oxygens (including phenoxy) is 9. The number of esters is 1. The molecule has 8 aliphatic rings. The normalized spacial score (nSPS) is 21.1. The Morgan fingerprint density at radius 1 is 0.417 bits per heavy atom. The minimum Gasteiger partial charge on any atom is -0.488 e. The van der Waals surface area contributed by atoms with E-state index in [1.165, 1.54) is 7.11 Å². The number of hydrogen-bond donors (Lipinski definition) is 4. The largest absolute Gasteiger partial charge is 0.488 e. The highest BCUT2D eigenvalue weighted by Crippen LogP contribution is 2.41. The molecular formula is C97H116N22O12S. The van der Waals surface area contributed by atoms with E-state index < -0.39 is 0 Å². The van der Waals surface area contributed by atoms with E-state index in [2.05, 4.69) is 162 Å². The summed E-state index contributed by atoms with van der Waals surface area (Å²) in [5, 5.41) is 13.9. The maximum absolute atomic E-state index is 12.6. The molecule has 34 nitrogen and oxygen atoms in total. The van der Waals surface area contributed by atoms with Crippen molar-refractivity contribution in [3.05, 3.63) is 170 Å². The van der Waals surface area contributed by atoms with Gasteiger partial charge in [-0.1, -0.05) is 0 Å². The number of imidazole rings is 1. The fraction of sp³-hybridized carbons (Fsp3) is 0.464. The molecule has 4 aliphatic carbocycles. The number of nitrogens with one attached hydrogen (secondary N) is 4. The number of benzene rings is 4. The molecule has 20 rings (SSSR count). The van der Waals surface area contributed by atoms with Crippen molar-refractivity contribution in [1.82, 2.24) is 69.4 Å². The van der Waals surface area contributed by atoms with Gasteiger partial charge in [-0.2, -0.15) is 0 Å². The Labute approximate surface area is 771 Å². The Hall–Kier alpha value is -12.6. The van der Waals surface area contributed by atoms with Crippen LogP contribution in [0.4, 0.5) is 46.2 Å². The number of anilines is 8. The standard InChI is InChI=1S/C25H32N6O2S.C25H29N5O4.C24H27N5O3.C23H28N6O3/c1-16-17(2)28-25(30-24(16)34-3)29-18-4-6-20(7-5-18)33-22-15-19(31-10-12-32-13-11-31)14-21-23(22)27-9-8-26-21;1-32-25(31)17-6-7-27-23(14-17)29-18-2-4-20(5-3-18)34-22-16-19(30-10-12-33-13-11-30)15-21-24(22)28-9-8-26-21;30-24(28-18-2-1-7-25-16-18)17-3-5-20(6-4-17)32-22-15-19(29-10-12-31-13-11-29)14-21-23(22)27-9-8-26-21;1-28-9-8-26-23(28)27-22(30)16-2-4-18(5-3-16)32-20-15-17(29-10-12-31-13-11-29)14-19-21(20)25-7-6-24-19/h8-9,14-15,18,20H,4-7,10-13H2,1-3H3,(H,28,29,30);6-9,14-16,18,20H,2-5,10-13H2,1H3,(H,27,29);1-2,7-9,14-17,20H,3-6,10-13H2,(H,28,30);6-9,14-16,18H,2-5,10-13H2,1H3,(H,26,27,30). The van der Waals surface area contributed by atoms with Crippen LogP contribution in [-0.4, -0.2) is 242 Å². The van der Waals surface area contributed by atoms with Gasteiger partial charge in [-0.3, -0.25) is 39.8 Å². The van der Waals surface area contributed by atoms with Crippen LogP contribution in [0.1, 0.15) is 124 Å². The molecule has 8 aromatic heterocycles. The Morgan fingerprint density at radius 3 is 1.17 bits per heavy atom. The summed E-state index contributed by atoms with van der Waals surface area (Å²) >= 11 is 1.67. The van der Waals surface area contributed by atoms with E-state index in [-0.39, 0.29) is 60.1 Å². The minimum absolute atomic E-state index is 0.00808. The Kier molecular flexibility index (Phi) is 30.8. The average Bonchev–Trinajstić information content (AvgIpc) is 0.929. The third-order valence-corrected chi connectivity index (χ3v) is 26.4. The first-order valence-corrected chi connectivity index (χ1v) is 47.4. The molecule has 4 saturated carbocycles. The lowest BCUT2D eigenvalue weighted by Gasteiger charge is -2.31. The molecule has 0 unspecified atom stereocenters. The predicted octanol–water partition coefficient (Wildman–Crippen LogP) is 14.1. The molecular weight excluding hydrogens is 1700 g/mol. The molecule has 4 aliphatic heterocycles. The first-order chi connectivity index (χ1) is 64.7. The van der Waals surface area contributed by atoms with Crippen molar-refractivity contribution in [2.24, 2.45) is 18.9 Å². The molecule has 132 heavy (non-hydrogen) atoms. The lowest BCUT2D eigenvalue weighted by Crippen LogP contribution is -2.36. The van der Waals surface area contributed by atoms with E-state index in [1.54, 1.807) is 103 Å². The number of carbonyl (C=O) groups is 3. The monoisotopic (exact) mass is 1810 g/mol. The summed E-state index contributed by atoms with van der Waals surface area (Å²) in [7, 11) is 3.24. The van der Waals surface area contributed by atoms with Crippen molar-refractivity contribution in [2.75, 3.05) is 159 Å². The molecule has 8 fully saturated rings. The SMILES string of the molecule is COC(=O)c1ccnc(NC2CCC(Oc3cc(N4CCOCC4)cc4nccnc34)CC2)c1.CSc1nc(NC2CCC(Oc3cc(N4CCOCC4)cc4nccnc34)CC2)nc(C)c1C.Cn1ccnc1NC(=O)C1CCC(Oc2cc(N3CCOCC3)cc3nccnc23)CC1.O=C(Nc1cccnc1)C1CCC(Oc2cc(N3CCOCC3)cc3nccnc23)CC1. The van der Waals surface area contributed by atoms with Crippen molar-refractivity contribution >= 4 is 120 Å². The highest BCUT2D eigenvalue weighted by molar-refractivity contribution is 7.98. The number of hydrogen-bond acceptors (Lipinski definition) is 32. The quantitative estimate of drug-likeness (QED) is 0.0278. The van der Waals surface area contributed by atoms with Crippen LogP contribution in [0.5, 0.6) is 23.0 Å². The van der Waals surface area contributed by atoms with Crippen LogP contribution < -0.4 is 59.8 Å². The highest BCUT2D eigenvalue weighted by atomic mass is 32.2. The number of amides is 2. The number of pyridine rings is 2. The van der Waals surface area contributed by atoms with E-state index in [9.17, 15) is 14.4 Å². The molecule has 12 aromatic rings. The molecule has 0 spiro atoms. The Balaban J connectivity index is 0.000000123. The molecule has 35 heteroatoms. The minimum atomic E-state index is -0.364. The van der Waals surface area contributed by atoms with E-state index in [0.717, 1.165) is 326 Å². The molecule has 0 bridgehead atoms. The Morgan fingerprint density at radius 2 is 0.803 bits per heavy atom. The summed E-state index contributed by atoms with van der Waals surface area (Å²) < 4.78 is 54.5. The second-order valence-electron chi connectivity index (χ2n) is 34.3. The van der Waals surface area contributed by atoms with Gasteiger partial charge >= 0.3 is 5.97 Å². The summed E-state index contributed by atoms with van der Waals surface area (Å²) in [6.07, 6.45) is 38.8. The number of fused-ring (bicyclic) bond motifs is 4. The van der Waals surface area contributed by atoms with Gasteiger partial charge < -0.3 is 82.7 Å². The number of aromatic nitrogens is 14. The zero-order valence-electron chi connectivity index (χ0n) is 75.5. The summed E-state index contributed by atoms with van der Waals surface area (Å²) in [5.41, 5.74) is 14.4. The molecule has 692 valence electrons. The van der Waals surface area contributed by atoms with Crippen molar-refractivity contribution < 1.29 is 57.0 Å². The zero-order chi connectivity index (χ0) is 90.5. The van der Waals surface area contributed by atoms with Crippen molar-refractivity contribution in [3.8, 4) is 23.0 Å². The van der Waals surface area contributed by atoms with Gasteiger partial charge in [-0.05, 0) is 171 Å². The second-order valence-corrected chi connectivity index (χ2v) is 35.1. The Bertz CT molecular complexity index is 5860. The number of rotatable bonds is 22. The van der Waals surface area contributed by atoms with Crippen molar-refractivity contribution in [2.45, 2.75) is 158 Å². The third kappa shape index (κ3) is 23.7. The number of nitrogens with zero attached hydrogens (tertiary/aromatic N) is 18. The van der Waals surface area contributed by atoms with Crippen LogP contribution in [0.3, 0.4) is 0 Å². The van der Waals surface area contributed by atoms with Crippen LogP contribution in [-0.2, 0) is 40.3 Å². The first-order valence-electron chi connectivity index (χ1n) is 46.2. The van der Waals surface area contributed by atoms with E-state index in [0.29, 0.717) is 23.4 Å². The van der Waals surface area contributed by atoms with Gasteiger partial charge in [0.2, 0.25) is 23.7 Å². The second kappa shape index (κ2) is 44.6. The van der Waals surface area contributed by atoms with E-state index in [1.807, 2.05) is 32.3 Å². The number of methoxy groups -OCH3 is 1. The maximum atomic E-state index is 12.6. The van der Waals surface area contributed by atoms with Crippen molar-refractivity contribution in [1.29, 1.82) is 0 Å². The summed E-state index contributed by atoms with van der Waals surface area (Å²) in [5.74, 6) is 4.83. The molecule has 4 N–H and O–H groups in total. The summed E-state index contributed by atoms with van der Waals surface area (Å²) in [6, 6.07) is 24.4. The number of carbonyl (C=O) groups excluding carboxylic acids is 3. The molecule has 2 amide bonds. The van der Waals surface area contributed by atoms with E-state index >= 15 is 0 Å². The van der Waals surface area contributed by atoms with Gasteiger partial charge in [0.25, 0.3) is 0 Å². The predicted molar refractivity (Wildman–Crippen MR) is 507 cm³/mol. The lowest BCUT2D eigenvalue weighted by molar-refractivity contribution is -0.122. The van der Waals surface area contributed by atoms with Gasteiger partial charge in [-0.15, -0.1) is 11.8 Å².